The van der Waals surface area contributed by atoms with Crippen molar-refractivity contribution in [2.24, 2.45) is 0 Å². The molecule has 174 valence electrons. The molecule has 1 fully saturated rings. The molecule has 0 atom stereocenters. The maximum Gasteiger partial charge on any atom is 0.268 e. The molecular formula is C25H23ClN4O3S. The Balaban J connectivity index is 1.26. The van der Waals surface area contributed by atoms with E-state index >= 15 is 0 Å². The molecule has 1 saturated heterocycles. The van der Waals surface area contributed by atoms with Crippen LogP contribution < -0.4 is 10.3 Å². The van der Waals surface area contributed by atoms with Gasteiger partial charge in [-0.3, -0.25) is 14.5 Å². The summed E-state index contributed by atoms with van der Waals surface area (Å²) in [7, 11) is 1.64. The highest BCUT2D eigenvalue weighted by atomic mass is 35.5. The van der Waals surface area contributed by atoms with Gasteiger partial charge in [0.1, 0.15) is 16.3 Å². The molecule has 7 nitrogen and oxygen atoms in total. The maximum absolute atomic E-state index is 12.7. The number of thiophene rings is 1. The molecule has 3 heterocycles. The lowest BCUT2D eigenvalue weighted by Crippen LogP contribution is -2.48. The molecule has 2 aromatic heterocycles. The number of aromatic nitrogens is 2. The molecular weight excluding hydrogens is 472 g/mol. The van der Waals surface area contributed by atoms with E-state index in [1.54, 1.807) is 31.4 Å². The van der Waals surface area contributed by atoms with E-state index in [0.717, 1.165) is 16.2 Å². The molecule has 0 aliphatic carbocycles. The molecule has 0 saturated carbocycles. The van der Waals surface area contributed by atoms with Gasteiger partial charge in [-0.1, -0.05) is 11.6 Å². The van der Waals surface area contributed by atoms with Crippen molar-refractivity contribution < 1.29 is 9.53 Å². The summed E-state index contributed by atoms with van der Waals surface area (Å²) >= 11 is 7.36. The van der Waals surface area contributed by atoms with Crippen LogP contribution in [0.2, 0.25) is 5.02 Å². The lowest BCUT2D eigenvalue weighted by Gasteiger charge is -2.34. The van der Waals surface area contributed by atoms with E-state index in [2.05, 4.69) is 9.88 Å². The summed E-state index contributed by atoms with van der Waals surface area (Å²) < 4.78 is 5.84. The van der Waals surface area contributed by atoms with Crippen molar-refractivity contribution in [3.63, 3.8) is 0 Å². The van der Waals surface area contributed by atoms with E-state index in [-0.39, 0.29) is 11.5 Å². The Labute approximate surface area is 205 Å². The van der Waals surface area contributed by atoms with Gasteiger partial charge in [0.25, 0.3) is 11.5 Å². The van der Waals surface area contributed by atoms with Crippen LogP contribution in [0.3, 0.4) is 0 Å². The van der Waals surface area contributed by atoms with E-state index in [1.165, 1.54) is 11.3 Å². The van der Waals surface area contributed by atoms with Crippen LogP contribution in [0.25, 0.3) is 20.7 Å². The van der Waals surface area contributed by atoms with Crippen LogP contribution >= 0.6 is 22.9 Å². The number of nitrogens with zero attached hydrogens (tertiary/aromatic N) is 3. The van der Waals surface area contributed by atoms with E-state index < -0.39 is 0 Å². The highest BCUT2D eigenvalue weighted by Crippen LogP contribution is 2.31. The number of amides is 1. The van der Waals surface area contributed by atoms with E-state index in [1.807, 2.05) is 35.2 Å². The second-order valence-corrected chi connectivity index (χ2v) is 9.63. The number of H-pyrrole nitrogens is 1. The Morgan fingerprint density at radius 3 is 2.47 bits per heavy atom. The molecule has 34 heavy (non-hydrogen) atoms. The summed E-state index contributed by atoms with van der Waals surface area (Å²) in [6, 6.07) is 16.7. The fourth-order valence-corrected chi connectivity index (χ4v) is 5.18. The van der Waals surface area contributed by atoms with Gasteiger partial charge >= 0.3 is 0 Å². The standard InChI is InChI=1S/C25H23ClN4O3S/c1-33-19-8-4-16(5-9-19)21-14-20-23(34-21)24(31)28-22(27-20)15-29-10-12-30(13-11-29)25(32)17-2-6-18(26)7-3-17/h2-9,14H,10-13,15H2,1H3,(H,27,28,31). The topological polar surface area (TPSA) is 78.5 Å². The van der Waals surface area contributed by atoms with Crippen LogP contribution in [-0.4, -0.2) is 59.0 Å². The lowest BCUT2D eigenvalue weighted by atomic mass is 10.2. The quantitative estimate of drug-likeness (QED) is 0.448. The number of hydrogen-bond acceptors (Lipinski definition) is 6. The molecule has 1 aliphatic rings. The van der Waals surface area contributed by atoms with Crippen molar-refractivity contribution in [1.82, 2.24) is 19.8 Å². The van der Waals surface area contributed by atoms with Crippen LogP contribution in [0.5, 0.6) is 5.75 Å². The summed E-state index contributed by atoms with van der Waals surface area (Å²) in [6.07, 6.45) is 0. The zero-order chi connectivity index (χ0) is 23.7. The summed E-state index contributed by atoms with van der Waals surface area (Å²) in [6.45, 7) is 3.19. The van der Waals surface area contributed by atoms with Crippen molar-refractivity contribution in [2.45, 2.75) is 6.54 Å². The van der Waals surface area contributed by atoms with Gasteiger partial charge in [-0.2, -0.15) is 0 Å². The van der Waals surface area contributed by atoms with Gasteiger partial charge in [0, 0.05) is 41.6 Å². The first kappa shape index (κ1) is 22.6. The van der Waals surface area contributed by atoms with Gasteiger partial charge in [0.15, 0.2) is 0 Å². The van der Waals surface area contributed by atoms with Crippen LogP contribution in [0, 0.1) is 0 Å². The van der Waals surface area contributed by atoms with Gasteiger partial charge in [-0.25, -0.2) is 4.98 Å². The van der Waals surface area contributed by atoms with Crippen molar-refractivity contribution >= 4 is 39.1 Å². The highest BCUT2D eigenvalue weighted by Gasteiger charge is 2.23. The number of fused-ring (bicyclic) bond motifs is 1. The van der Waals surface area contributed by atoms with E-state index in [4.69, 9.17) is 21.3 Å². The summed E-state index contributed by atoms with van der Waals surface area (Å²) in [5, 5.41) is 0.613. The number of rotatable bonds is 5. The van der Waals surface area contributed by atoms with Gasteiger partial charge in [-0.05, 0) is 60.2 Å². The first-order valence-electron chi connectivity index (χ1n) is 10.9. The summed E-state index contributed by atoms with van der Waals surface area (Å²) in [5.74, 6) is 1.43. The number of methoxy groups -OCH3 is 1. The van der Waals surface area contributed by atoms with Gasteiger partial charge in [0.2, 0.25) is 0 Å². The predicted molar refractivity (Wildman–Crippen MR) is 135 cm³/mol. The first-order valence-corrected chi connectivity index (χ1v) is 12.1. The average molecular weight is 495 g/mol. The molecule has 5 rings (SSSR count). The fraction of sp³-hybridized carbons (Fsp3) is 0.240. The predicted octanol–water partition coefficient (Wildman–Crippen LogP) is 4.27. The van der Waals surface area contributed by atoms with Gasteiger partial charge in [-0.15, -0.1) is 11.3 Å². The smallest absolute Gasteiger partial charge is 0.268 e. The number of carbonyl (C=O) groups excluding carboxylic acids is 1. The molecule has 1 N–H and O–H groups in total. The third kappa shape index (κ3) is 4.70. The largest absolute Gasteiger partial charge is 0.497 e. The Kier molecular flexibility index (Phi) is 6.36. The third-order valence-corrected chi connectivity index (χ3v) is 7.35. The molecule has 0 radical (unpaired) electrons. The maximum atomic E-state index is 12.7. The number of carbonyl (C=O) groups is 1. The van der Waals surface area contributed by atoms with Crippen LogP contribution in [0.15, 0.2) is 59.4 Å². The number of piperazine rings is 1. The number of ether oxygens (including phenoxy) is 1. The minimum absolute atomic E-state index is 0.00797. The van der Waals surface area contributed by atoms with Crippen LogP contribution in [0.1, 0.15) is 16.2 Å². The molecule has 1 aliphatic heterocycles. The van der Waals surface area contributed by atoms with Crippen molar-refractivity contribution in [3.05, 3.63) is 81.4 Å². The Bertz CT molecular complexity index is 1370. The van der Waals surface area contributed by atoms with Gasteiger partial charge < -0.3 is 14.6 Å². The van der Waals surface area contributed by atoms with E-state index in [0.29, 0.717) is 59.4 Å². The molecule has 9 heteroatoms. The minimum Gasteiger partial charge on any atom is -0.497 e. The highest BCUT2D eigenvalue weighted by molar-refractivity contribution is 7.22. The molecule has 4 aromatic rings. The molecule has 2 aromatic carbocycles. The Hall–Kier alpha value is -3.20. The van der Waals surface area contributed by atoms with Crippen molar-refractivity contribution in [1.29, 1.82) is 0 Å². The Morgan fingerprint density at radius 2 is 1.79 bits per heavy atom. The van der Waals surface area contributed by atoms with Gasteiger partial charge in [0.05, 0.1) is 19.2 Å². The van der Waals surface area contributed by atoms with Crippen molar-refractivity contribution in [2.75, 3.05) is 33.3 Å². The monoisotopic (exact) mass is 494 g/mol. The average Bonchev–Trinajstić information content (AvgIpc) is 3.29. The Morgan fingerprint density at radius 1 is 1.09 bits per heavy atom. The zero-order valence-electron chi connectivity index (χ0n) is 18.6. The normalized spacial score (nSPS) is 14.5. The number of hydrogen-bond donors (Lipinski definition) is 1. The number of benzene rings is 2. The summed E-state index contributed by atoms with van der Waals surface area (Å²) in [4.78, 5) is 38.1. The SMILES string of the molecule is COc1ccc(-c2cc3nc(CN4CCN(C(=O)c5ccc(Cl)cc5)CC4)[nH]c(=O)c3s2)cc1. The van der Waals surface area contributed by atoms with Crippen LogP contribution in [0.4, 0.5) is 0 Å². The third-order valence-electron chi connectivity index (χ3n) is 5.93. The zero-order valence-corrected chi connectivity index (χ0v) is 20.2. The minimum atomic E-state index is -0.124. The molecule has 0 spiro atoms. The van der Waals surface area contributed by atoms with Crippen molar-refractivity contribution in [3.8, 4) is 16.2 Å². The number of halogens is 1. The first-order chi connectivity index (χ1) is 16.5. The van der Waals surface area contributed by atoms with E-state index in [9.17, 15) is 9.59 Å². The lowest BCUT2D eigenvalue weighted by molar-refractivity contribution is 0.0625. The van der Waals surface area contributed by atoms with Crippen LogP contribution in [-0.2, 0) is 6.54 Å². The second-order valence-electron chi connectivity index (χ2n) is 8.14. The summed E-state index contributed by atoms with van der Waals surface area (Å²) in [5.41, 5.74) is 2.23. The fourth-order valence-electron chi connectivity index (χ4n) is 4.06. The molecule has 0 unspecified atom stereocenters. The number of aromatic amines is 1. The number of nitrogens with one attached hydrogen (secondary N) is 1. The second kappa shape index (κ2) is 9.58. The molecule has 0 bridgehead atoms. The molecule has 1 amide bonds.